The number of hydrogen-bond acceptors (Lipinski definition) is 5. The second kappa shape index (κ2) is 7.26. The van der Waals surface area contributed by atoms with Crippen LogP contribution >= 0.6 is 0 Å². The number of ether oxygens (including phenoxy) is 2. The van der Waals surface area contributed by atoms with Crippen LogP contribution in [0.25, 0.3) is 0 Å². The summed E-state index contributed by atoms with van der Waals surface area (Å²) in [7, 11) is 0.921. The number of carboxylic acid groups (broad SMARTS) is 1. The molecule has 1 atom stereocenters. The van der Waals surface area contributed by atoms with E-state index >= 15 is 0 Å². The Morgan fingerprint density at radius 2 is 1.80 bits per heavy atom. The average Bonchev–Trinajstić information content (AvgIpc) is 2.73. The third-order valence-corrected chi connectivity index (χ3v) is 4.91. The Labute approximate surface area is 149 Å². The van der Waals surface area contributed by atoms with Crippen LogP contribution in [0.1, 0.15) is 52.4 Å². The Morgan fingerprint density at radius 1 is 1.20 bits per heavy atom. The first kappa shape index (κ1) is 19.6. The highest BCUT2D eigenvalue weighted by molar-refractivity contribution is 6.48. The van der Waals surface area contributed by atoms with Gasteiger partial charge in [-0.25, -0.2) is 0 Å². The van der Waals surface area contributed by atoms with Crippen molar-refractivity contribution in [2.24, 2.45) is 0 Å². The van der Waals surface area contributed by atoms with Crippen LogP contribution in [-0.4, -0.2) is 43.1 Å². The van der Waals surface area contributed by atoms with Crippen LogP contribution in [0.4, 0.5) is 0 Å². The van der Waals surface area contributed by atoms with E-state index in [9.17, 15) is 9.90 Å². The molecule has 1 aromatic rings. The van der Waals surface area contributed by atoms with Crippen molar-refractivity contribution >= 4 is 13.1 Å². The second-order valence-electron chi connectivity index (χ2n) is 7.17. The van der Waals surface area contributed by atoms with Gasteiger partial charge in [0.2, 0.25) is 0 Å². The molecule has 1 aliphatic rings. The quantitative estimate of drug-likeness (QED) is 0.761. The molecule has 1 aromatic carbocycles. The molecule has 0 spiro atoms. The lowest BCUT2D eigenvalue weighted by atomic mass is 9.66. The minimum Gasteiger partial charge on any atom is -0.493 e. The molecule has 2 rings (SSSR count). The van der Waals surface area contributed by atoms with E-state index in [0.717, 1.165) is 5.56 Å². The smallest absolute Gasteiger partial charge is 0.466 e. The fourth-order valence-corrected chi connectivity index (χ4v) is 2.80. The van der Waals surface area contributed by atoms with Crippen LogP contribution in [0.15, 0.2) is 18.2 Å². The maximum atomic E-state index is 11.4. The van der Waals surface area contributed by atoms with Crippen molar-refractivity contribution < 1.29 is 28.7 Å². The van der Waals surface area contributed by atoms with E-state index in [0.29, 0.717) is 18.1 Å². The van der Waals surface area contributed by atoms with Crippen LogP contribution in [0.2, 0.25) is 0 Å². The molecule has 1 fully saturated rings. The van der Waals surface area contributed by atoms with Gasteiger partial charge in [0.25, 0.3) is 0 Å². The number of carbonyl (C=O) groups is 1. The minimum absolute atomic E-state index is 0.102. The van der Waals surface area contributed by atoms with E-state index in [1.807, 2.05) is 40.7 Å². The molecule has 0 radical (unpaired) electrons. The number of methoxy groups -OCH3 is 1. The van der Waals surface area contributed by atoms with Gasteiger partial charge in [0.1, 0.15) is 0 Å². The summed E-state index contributed by atoms with van der Waals surface area (Å²) in [5.41, 5.74) is -0.266. The summed E-state index contributed by atoms with van der Waals surface area (Å²) in [6, 6.07) is 5.42. The Balaban J connectivity index is 2.39. The number of benzene rings is 1. The average molecular weight is 350 g/mol. The molecule has 6 nitrogen and oxygen atoms in total. The van der Waals surface area contributed by atoms with Gasteiger partial charge in [0.15, 0.2) is 11.5 Å². The predicted octanol–water partition coefficient (Wildman–Crippen LogP) is 3.28. The van der Waals surface area contributed by atoms with Crippen LogP contribution in [-0.2, 0) is 14.1 Å². The van der Waals surface area contributed by atoms with E-state index in [1.54, 1.807) is 19.2 Å². The Hall–Kier alpha value is -1.73. The van der Waals surface area contributed by atoms with Gasteiger partial charge in [-0.2, -0.15) is 0 Å². The SMILES string of the molecule is CCOc1cc(C(CC(=O)O)B2OC(C)(C)C(C)(C)O2)ccc1OC. The normalized spacial score (nSPS) is 19.5. The largest absolute Gasteiger partial charge is 0.493 e. The molecular weight excluding hydrogens is 323 g/mol. The highest BCUT2D eigenvalue weighted by Crippen LogP contribution is 2.43. The Bertz CT molecular complexity index is 612. The van der Waals surface area contributed by atoms with Gasteiger partial charge < -0.3 is 23.9 Å². The molecule has 138 valence electrons. The third kappa shape index (κ3) is 4.10. The van der Waals surface area contributed by atoms with Crippen molar-refractivity contribution in [3.63, 3.8) is 0 Å². The molecule has 0 aliphatic carbocycles. The van der Waals surface area contributed by atoms with Crippen molar-refractivity contribution in [2.45, 2.75) is 58.1 Å². The lowest BCUT2D eigenvalue weighted by Crippen LogP contribution is -2.41. The van der Waals surface area contributed by atoms with Gasteiger partial charge in [0.05, 0.1) is 31.3 Å². The lowest BCUT2D eigenvalue weighted by molar-refractivity contribution is -0.137. The number of rotatable bonds is 7. The van der Waals surface area contributed by atoms with Crippen LogP contribution in [0.5, 0.6) is 11.5 Å². The molecule has 7 heteroatoms. The molecular formula is C18H27BO6. The van der Waals surface area contributed by atoms with Crippen molar-refractivity contribution in [3.8, 4) is 11.5 Å². The van der Waals surface area contributed by atoms with E-state index in [2.05, 4.69) is 0 Å². The molecule has 0 aromatic heterocycles. The monoisotopic (exact) mass is 350 g/mol. The summed E-state index contributed by atoms with van der Waals surface area (Å²) < 4.78 is 23.1. The maximum Gasteiger partial charge on any atom is 0.466 e. The van der Waals surface area contributed by atoms with E-state index in [-0.39, 0.29) is 6.42 Å². The van der Waals surface area contributed by atoms with Crippen molar-refractivity contribution in [2.75, 3.05) is 13.7 Å². The highest BCUT2D eigenvalue weighted by Gasteiger charge is 2.54. The molecule has 1 heterocycles. The summed E-state index contributed by atoms with van der Waals surface area (Å²) in [6.45, 7) is 10.2. The van der Waals surface area contributed by atoms with E-state index < -0.39 is 30.1 Å². The molecule has 1 aliphatic heterocycles. The van der Waals surface area contributed by atoms with Crippen molar-refractivity contribution in [1.29, 1.82) is 0 Å². The first-order valence-electron chi connectivity index (χ1n) is 8.49. The van der Waals surface area contributed by atoms with Gasteiger partial charge in [0, 0.05) is 5.82 Å². The number of hydrogen-bond donors (Lipinski definition) is 1. The zero-order valence-corrected chi connectivity index (χ0v) is 15.8. The number of carboxylic acids is 1. The Kier molecular flexibility index (Phi) is 5.69. The van der Waals surface area contributed by atoms with E-state index in [1.165, 1.54) is 0 Å². The maximum absolute atomic E-state index is 11.4. The van der Waals surface area contributed by atoms with Gasteiger partial charge in [-0.3, -0.25) is 4.79 Å². The molecule has 0 saturated carbocycles. The van der Waals surface area contributed by atoms with Gasteiger partial charge in [-0.1, -0.05) is 6.07 Å². The summed E-state index contributed by atoms with van der Waals surface area (Å²) in [5, 5.41) is 9.37. The van der Waals surface area contributed by atoms with E-state index in [4.69, 9.17) is 18.8 Å². The molecule has 1 unspecified atom stereocenters. The third-order valence-electron chi connectivity index (χ3n) is 4.91. The first-order valence-corrected chi connectivity index (χ1v) is 8.49. The molecule has 25 heavy (non-hydrogen) atoms. The first-order chi connectivity index (χ1) is 11.6. The van der Waals surface area contributed by atoms with Crippen molar-refractivity contribution in [1.82, 2.24) is 0 Å². The molecule has 0 amide bonds. The van der Waals surface area contributed by atoms with Crippen LogP contribution < -0.4 is 9.47 Å². The minimum atomic E-state index is -0.909. The predicted molar refractivity (Wildman–Crippen MR) is 95.2 cm³/mol. The molecule has 1 saturated heterocycles. The zero-order valence-electron chi connectivity index (χ0n) is 15.8. The second-order valence-corrected chi connectivity index (χ2v) is 7.17. The Morgan fingerprint density at radius 3 is 2.28 bits per heavy atom. The lowest BCUT2D eigenvalue weighted by Gasteiger charge is -2.32. The van der Waals surface area contributed by atoms with Crippen LogP contribution in [0, 0.1) is 0 Å². The van der Waals surface area contributed by atoms with Gasteiger partial charge in [-0.05, 0) is 52.3 Å². The highest BCUT2D eigenvalue weighted by atomic mass is 16.7. The topological polar surface area (TPSA) is 74.2 Å². The standard InChI is InChI=1S/C18H27BO6/c1-7-23-15-10-12(8-9-14(15)22-6)13(11-16(20)21)19-24-17(2,3)18(4,5)25-19/h8-10,13H,7,11H2,1-6H3,(H,20,21). The number of aliphatic carboxylic acids is 1. The summed E-state index contributed by atoms with van der Waals surface area (Å²) in [6.07, 6.45) is -0.102. The van der Waals surface area contributed by atoms with Gasteiger partial charge >= 0.3 is 13.1 Å². The summed E-state index contributed by atoms with van der Waals surface area (Å²) in [5.74, 6) is -0.180. The summed E-state index contributed by atoms with van der Waals surface area (Å²) in [4.78, 5) is 11.4. The molecule has 1 N–H and O–H groups in total. The van der Waals surface area contributed by atoms with Crippen molar-refractivity contribution in [3.05, 3.63) is 23.8 Å². The fourth-order valence-electron chi connectivity index (χ4n) is 2.80. The zero-order chi connectivity index (χ0) is 18.8. The molecule has 0 bridgehead atoms. The fraction of sp³-hybridized carbons (Fsp3) is 0.611. The summed E-state index contributed by atoms with van der Waals surface area (Å²) >= 11 is 0. The van der Waals surface area contributed by atoms with Crippen LogP contribution in [0.3, 0.4) is 0 Å². The van der Waals surface area contributed by atoms with Gasteiger partial charge in [-0.15, -0.1) is 0 Å².